The van der Waals surface area contributed by atoms with Crippen LogP contribution in [0.2, 0.25) is 0 Å². The second kappa shape index (κ2) is 5.83. The predicted molar refractivity (Wildman–Crippen MR) is 79.6 cm³/mol. The van der Waals surface area contributed by atoms with Gasteiger partial charge in [0.25, 0.3) is 0 Å². The topological polar surface area (TPSA) is 35.6 Å². The maximum atomic E-state index is 12.2. The van der Waals surface area contributed by atoms with Crippen molar-refractivity contribution in [3.63, 3.8) is 0 Å². The van der Waals surface area contributed by atoms with E-state index in [1.54, 1.807) is 0 Å². The van der Waals surface area contributed by atoms with E-state index in [0.717, 1.165) is 19.5 Å². The quantitative estimate of drug-likeness (QED) is 0.907. The van der Waals surface area contributed by atoms with Gasteiger partial charge in [-0.2, -0.15) is 0 Å². The van der Waals surface area contributed by atoms with Crippen LogP contribution in [0.25, 0.3) is 0 Å². The smallest absolute Gasteiger partial charge is 0.317 e. The van der Waals surface area contributed by atoms with Gasteiger partial charge >= 0.3 is 6.03 Å². The molecule has 2 atom stereocenters. The fraction of sp³-hybridized carbons (Fsp3) is 0.562. The number of benzene rings is 1. The summed E-state index contributed by atoms with van der Waals surface area (Å²) < 4.78 is 0. The van der Waals surface area contributed by atoms with E-state index in [1.165, 1.54) is 18.5 Å². The van der Waals surface area contributed by atoms with Gasteiger partial charge in [0.15, 0.2) is 0 Å². The molecule has 1 aromatic carbocycles. The Kier molecular flexibility index (Phi) is 3.92. The van der Waals surface area contributed by atoms with Crippen molar-refractivity contribution in [2.75, 3.05) is 33.2 Å². The molecule has 2 aliphatic heterocycles. The van der Waals surface area contributed by atoms with Crippen molar-refractivity contribution in [3.05, 3.63) is 35.9 Å². The van der Waals surface area contributed by atoms with Gasteiger partial charge in [0.05, 0.1) is 0 Å². The summed E-state index contributed by atoms with van der Waals surface area (Å²) >= 11 is 0. The molecule has 0 spiro atoms. The number of hydrogen-bond acceptors (Lipinski definition) is 2. The van der Waals surface area contributed by atoms with Crippen LogP contribution in [-0.2, 0) is 6.42 Å². The first-order valence-electron chi connectivity index (χ1n) is 7.51. The van der Waals surface area contributed by atoms with Gasteiger partial charge in [-0.25, -0.2) is 4.79 Å². The molecule has 2 heterocycles. The number of urea groups is 1. The summed E-state index contributed by atoms with van der Waals surface area (Å²) in [6.45, 7) is 3.70. The molecule has 0 bridgehead atoms. The zero-order valence-corrected chi connectivity index (χ0v) is 12.1. The van der Waals surface area contributed by atoms with Crippen LogP contribution >= 0.6 is 0 Å². The van der Waals surface area contributed by atoms with E-state index in [9.17, 15) is 4.79 Å². The maximum Gasteiger partial charge on any atom is 0.317 e. The Balaban J connectivity index is 1.44. The monoisotopic (exact) mass is 273 g/mol. The number of carbonyl (C=O) groups is 1. The Labute approximate surface area is 120 Å². The number of nitrogens with zero attached hydrogens (tertiary/aromatic N) is 2. The number of carbonyl (C=O) groups excluding carboxylic acids is 1. The molecule has 4 heteroatoms. The minimum absolute atomic E-state index is 0.101. The van der Waals surface area contributed by atoms with Gasteiger partial charge < -0.3 is 15.1 Å². The predicted octanol–water partition coefficient (Wildman–Crippen LogP) is 1.57. The average Bonchev–Trinajstić information content (AvgIpc) is 3.03. The van der Waals surface area contributed by atoms with Crippen molar-refractivity contribution in [1.29, 1.82) is 0 Å². The first-order valence-corrected chi connectivity index (χ1v) is 7.51. The van der Waals surface area contributed by atoms with E-state index >= 15 is 0 Å². The number of likely N-dealkylation sites (N-methyl/N-ethyl adjacent to an activating group) is 1. The molecule has 0 saturated carbocycles. The molecule has 2 unspecified atom stereocenters. The molecule has 2 aliphatic rings. The summed E-state index contributed by atoms with van der Waals surface area (Å²) in [5, 5.41) is 3.05. The van der Waals surface area contributed by atoms with E-state index in [-0.39, 0.29) is 6.03 Å². The fourth-order valence-electron chi connectivity index (χ4n) is 3.41. The van der Waals surface area contributed by atoms with Crippen LogP contribution in [0.1, 0.15) is 12.0 Å². The van der Waals surface area contributed by atoms with Crippen molar-refractivity contribution in [1.82, 2.24) is 15.1 Å². The van der Waals surface area contributed by atoms with Crippen molar-refractivity contribution in [2.45, 2.75) is 18.9 Å². The van der Waals surface area contributed by atoms with Gasteiger partial charge in [-0.15, -0.1) is 0 Å². The summed E-state index contributed by atoms with van der Waals surface area (Å²) in [5.41, 5.74) is 1.27. The molecule has 108 valence electrons. The molecular weight excluding hydrogens is 250 g/mol. The molecule has 1 aromatic rings. The lowest BCUT2D eigenvalue weighted by Crippen LogP contribution is -2.41. The zero-order chi connectivity index (χ0) is 13.9. The van der Waals surface area contributed by atoms with Crippen molar-refractivity contribution < 1.29 is 4.79 Å². The Morgan fingerprint density at radius 1 is 1.30 bits per heavy atom. The standard InChI is InChI=1S/C16H23N3O/c1-18-10-8-14-11-19(12-15(14)18)16(20)17-9-7-13-5-3-2-4-6-13/h2-6,14-15H,7-12H2,1H3,(H,17,20). The van der Waals surface area contributed by atoms with Gasteiger partial charge in [-0.3, -0.25) is 0 Å². The molecule has 1 N–H and O–H groups in total. The van der Waals surface area contributed by atoms with Crippen molar-refractivity contribution in [2.24, 2.45) is 5.92 Å². The SMILES string of the molecule is CN1CCC2CN(C(=O)NCCc3ccccc3)CC21. The summed E-state index contributed by atoms with van der Waals surface area (Å²) in [7, 11) is 2.17. The zero-order valence-electron chi connectivity index (χ0n) is 12.1. The van der Waals surface area contributed by atoms with E-state index in [1.807, 2.05) is 23.1 Å². The van der Waals surface area contributed by atoms with Crippen LogP contribution in [0.4, 0.5) is 4.79 Å². The van der Waals surface area contributed by atoms with Crippen LogP contribution in [0.15, 0.2) is 30.3 Å². The molecule has 2 saturated heterocycles. The van der Waals surface area contributed by atoms with E-state index in [0.29, 0.717) is 18.5 Å². The first-order chi connectivity index (χ1) is 9.74. The lowest BCUT2D eigenvalue weighted by molar-refractivity contribution is 0.200. The third kappa shape index (κ3) is 2.80. The molecule has 0 aliphatic carbocycles. The highest BCUT2D eigenvalue weighted by atomic mass is 16.2. The first kappa shape index (κ1) is 13.4. The lowest BCUT2D eigenvalue weighted by Gasteiger charge is -2.21. The third-order valence-corrected chi connectivity index (χ3v) is 4.65. The van der Waals surface area contributed by atoms with E-state index in [4.69, 9.17) is 0 Å². The van der Waals surface area contributed by atoms with Crippen LogP contribution in [-0.4, -0.2) is 55.1 Å². The number of amides is 2. The maximum absolute atomic E-state index is 12.2. The summed E-state index contributed by atoms with van der Waals surface area (Å²) in [6.07, 6.45) is 2.13. The van der Waals surface area contributed by atoms with E-state index < -0.39 is 0 Å². The van der Waals surface area contributed by atoms with Gasteiger partial charge in [-0.1, -0.05) is 30.3 Å². The molecular formula is C16H23N3O. The molecule has 3 rings (SSSR count). The number of likely N-dealkylation sites (tertiary alicyclic amines) is 2. The molecule has 2 amide bonds. The minimum atomic E-state index is 0.101. The number of nitrogens with one attached hydrogen (secondary N) is 1. The summed E-state index contributed by atoms with van der Waals surface area (Å²) in [5.74, 6) is 0.680. The Hall–Kier alpha value is -1.55. The average molecular weight is 273 g/mol. The molecule has 4 nitrogen and oxygen atoms in total. The number of fused-ring (bicyclic) bond motifs is 1. The highest BCUT2D eigenvalue weighted by Crippen LogP contribution is 2.29. The van der Waals surface area contributed by atoms with E-state index in [2.05, 4.69) is 29.4 Å². The minimum Gasteiger partial charge on any atom is -0.338 e. The lowest BCUT2D eigenvalue weighted by atomic mass is 10.1. The molecule has 2 fully saturated rings. The van der Waals surface area contributed by atoms with Crippen LogP contribution in [0, 0.1) is 5.92 Å². The Bertz CT molecular complexity index is 462. The molecule has 20 heavy (non-hydrogen) atoms. The third-order valence-electron chi connectivity index (χ3n) is 4.65. The highest BCUT2D eigenvalue weighted by Gasteiger charge is 2.40. The van der Waals surface area contributed by atoms with Gasteiger partial charge in [0.2, 0.25) is 0 Å². The van der Waals surface area contributed by atoms with Gasteiger partial charge in [0.1, 0.15) is 0 Å². The largest absolute Gasteiger partial charge is 0.338 e. The second-order valence-corrected chi connectivity index (χ2v) is 5.97. The summed E-state index contributed by atoms with van der Waals surface area (Å²) in [4.78, 5) is 16.5. The van der Waals surface area contributed by atoms with Crippen molar-refractivity contribution in [3.8, 4) is 0 Å². The summed E-state index contributed by atoms with van der Waals surface area (Å²) in [6, 6.07) is 11.0. The highest BCUT2D eigenvalue weighted by molar-refractivity contribution is 5.74. The van der Waals surface area contributed by atoms with Crippen LogP contribution in [0.5, 0.6) is 0 Å². The van der Waals surface area contributed by atoms with Crippen LogP contribution in [0.3, 0.4) is 0 Å². The Morgan fingerprint density at radius 2 is 2.10 bits per heavy atom. The molecule has 0 aromatic heterocycles. The van der Waals surface area contributed by atoms with Crippen molar-refractivity contribution >= 4 is 6.03 Å². The second-order valence-electron chi connectivity index (χ2n) is 5.97. The Morgan fingerprint density at radius 3 is 2.85 bits per heavy atom. The number of hydrogen-bond donors (Lipinski definition) is 1. The van der Waals surface area contributed by atoms with Crippen LogP contribution < -0.4 is 5.32 Å². The van der Waals surface area contributed by atoms with Gasteiger partial charge in [0, 0.05) is 25.7 Å². The number of rotatable bonds is 3. The molecule has 0 radical (unpaired) electrons. The normalized spacial score (nSPS) is 25.8. The fourth-order valence-corrected chi connectivity index (χ4v) is 3.41. The van der Waals surface area contributed by atoms with Gasteiger partial charge in [-0.05, 0) is 37.9 Å².